The van der Waals surface area contributed by atoms with Gasteiger partial charge in [-0.2, -0.15) is 0 Å². The minimum atomic E-state index is 0.0629. The van der Waals surface area contributed by atoms with Gasteiger partial charge < -0.3 is 10.1 Å². The first kappa shape index (κ1) is 17.0. The SMILES string of the molecule is C[C@H]1C[C@@H](OCCCC(=O)Nc2ccccc2)CCC1(C)C. The molecule has 1 aromatic carbocycles. The Morgan fingerprint density at radius 1 is 1.32 bits per heavy atom. The standard InChI is InChI=1S/C19H29NO2/c1-15-14-17(11-12-19(15,2)3)22-13-7-10-18(21)20-16-8-5-4-6-9-16/h4-6,8-9,15,17H,7,10-14H2,1-3H3,(H,20,21)/t15-,17-/m0/s1. The predicted molar refractivity (Wildman–Crippen MR) is 90.8 cm³/mol. The van der Waals surface area contributed by atoms with Gasteiger partial charge in [-0.25, -0.2) is 0 Å². The second kappa shape index (κ2) is 7.77. The summed E-state index contributed by atoms with van der Waals surface area (Å²) in [7, 11) is 0. The molecule has 0 aliphatic heterocycles. The van der Waals surface area contributed by atoms with E-state index in [0.29, 0.717) is 30.5 Å². The number of ether oxygens (including phenoxy) is 1. The Labute approximate surface area is 134 Å². The van der Waals surface area contributed by atoms with E-state index in [0.717, 1.165) is 24.9 Å². The summed E-state index contributed by atoms with van der Waals surface area (Å²) in [5.74, 6) is 0.764. The zero-order chi connectivity index (χ0) is 16.0. The van der Waals surface area contributed by atoms with Gasteiger partial charge in [-0.15, -0.1) is 0 Å². The average molecular weight is 303 g/mol. The smallest absolute Gasteiger partial charge is 0.224 e. The van der Waals surface area contributed by atoms with Crippen LogP contribution < -0.4 is 5.32 Å². The van der Waals surface area contributed by atoms with Crippen molar-refractivity contribution >= 4 is 11.6 Å². The molecule has 1 aliphatic carbocycles. The molecule has 0 spiro atoms. The van der Waals surface area contributed by atoms with E-state index < -0.39 is 0 Å². The lowest BCUT2D eigenvalue weighted by Crippen LogP contribution is -2.33. The maximum Gasteiger partial charge on any atom is 0.224 e. The molecule has 1 aliphatic rings. The molecule has 3 nitrogen and oxygen atoms in total. The van der Waals surface area contributed by atoms with E-state index in [1.807, 2.05) is 30.3 Å². The quantitative estimate of drug-likeness (QED) is 0.778. The highest BCUT2D eigenvalue weighted by Crippen LogP contribution is 2.41. The van der Waals surface area contributed by atoms with Gasteiger partial charge in [0.25, 0.3) is 0 Å². The second-order valence-corrected chi connectivity index (χ2v) is 7.17. The fraction of sp³-hybridized carbons (Fsp3) is 0.632. The van der Waals surface area contributed by atoms with Crippen molar-refractivity contribution in [3.05, 3.63) is 30.3 Å². The zero-order valence-corrected chi connectivity index (χ0v) is 14.1. The fourth-order valence-corrected chi connectivity index (χ4v) is 2.99. The number of nitrogens with one attached hydrogen (secondary N) is 1. The number of amides is 1. The number of hydrogen-bond donors (Lipinski definition) is 1. The van der Waals surface area contributed by atoms with Crippen LogP contribution in [-0.4, -0.2) is 18.6 Å². The minimum absolute atomic E-state index is 0.0629. The minimum Gasteiger partial charge on any atom is -0.378 e. The van der Waals surface area contributed by atoms with Gasteiger partial charge >= 0.3 is 0 Å². The third kappa shape index (κ3) is 5.13. The first-order valence-corrected chi connectivity index (χ1v) is 8.44. The first-order valence-electron chi connectivity index (χ1n) is 8.44. The molecule has 1 N–H and O–H groups in total. The second-order valence-electron chi connectivity index (χ2n) is 7.17. The van der Waals surface area contributed by atoms with Gasteiger partial charge in [0.2, 0.25) is 5.91 Å². The molecule has 1 aromatic rings. The van der Waals surface area contributed by atoms with Gasteiger partial charge in [-0.05, 0) is 49.1 Å². The lowest BCUT2D eigenvalue weighted by Gasteiger charge is -2.40. The Morgan fingerprint density at radius 2 is 2.05 bits per heavy atom. The van der Waals surface area contributed by atoms with Gasteiger partial charge in [0.05, 0.1) is 6.10 Å². The van der Waals surface area contributed by atoms with E-state index in [1.165, 1.54) is 6.42 Å². The average Bonchev–Trinajstić information content (AvgIpc) is 2.48. The van der Waals surface area contributed by atoms with E-state index in [9.17, 15) is 4.79 Å². The van der Waals surface area contributed by atoms with Crippen LogP contribution in [0.3, 0.4) is 0 Å². The van der Waals surface area contributed by atoms with Crippen LogP contribution in [0.2, 0.25) is 0 Å². The first-order chi connectivity index (χ1) is 10.5. The van der Waals surface area contributed by atoms with E-state index in [4.69, 9.17) is 4.74 Å². The molecular formula is C19H29NO2. The van der Waals surface area contributed by atoms with Crippen LogP contribution in [0.4, 0.5) is 5.69 Å². The molecule has 0 aromatic heterocycles. The largest absolute Gasteiger partial charge is 0.378 e. The number of benzene rings is 1. The molecule has 22 heavy (non-hydrogen) atoms. The number of para-hydroxylation sites is 1. The molecule has 1 fully saturated rings. The predicted octanol–water partition coefficient (Wildman–Crippen LogP) is 4.64. The van der Waals surface area contributed by atoms with Gasteiger partial charge in [0.1, 0.15) is 0 Å². The Morgan fingerprint density at radius 3 is 2.73 bits per heavy atom. The van der Waals surface area contributed by atoms with E-state index in [-0.39, 0.29) is 5.91 Å². The van der Waals surface area contributed by atoms with E-state index >= 15 is 0 Å². The van der Waals surface area contributed by atoms with Gasteiger partial charge in [0.15, 0.2) is 0 Å². The highest BCUT2D eigenvalue weighted by atomic mass is 16.5. The van der Waals surface area contributed by atoms with Crippen LogP contribution in [0.15, 0.2) is 30.3 Å². The molecule has 122 valence electrons. The Bertz CT molecular complexity index is 470. The molecule has 0 heterocycles. The fourth-order valence-electron chi connectivity index (χ4n) is 2.99. The molecule has 0 unspecified atom stereocenters. The molecule has 2 atom stereocenters. The van der Waals surface area contributed by atoms with Crippen molar-refractivity contribution < 1.29 is 9.53 Å². The van der Waals surface area contributed by atoms with Crippen LogP contribution in [0.5, 0.6) is 0 Å². The maximum absolute atomic E-state index is 11.8. The lowest BCUT2D eigenvalue weighted by molar-refractivity contribution is -0.116. The van der Waals surface area contributed by atoms with Gasteiger partial charge in [-0.1, -0.05) is 39.0 Å². The summed E-state index contributed by atoms with van der Waals surface area (Å²) in [4.78, 5) is 11.8. The summed E-state index contributed by atoms with van der Waals surface area (Å²) < 4.78 is 5.97. The monoisotopic (exact) mass is 303 g/mol. The third-order valence-electron chi connectivity index (χ3n) is 5.02. The Kier molecular flexibility index (Phi) is 6.01. The van der Waals surface area contributed by atoms with Crippen molar-refractivity contribution in [3.8, 4) is 0 Å². The van der Waals surface area contributed by atoms with E-state index in [1.54, 1.807) is 0 Å². The molecular weight excluding hydrogens is 274 g/mol. The summed E-state index contributed by atoms with van der Waals surface area (Å²) in [6, 6.07) is 9.59. The third-order valence-corrected chi connectivity index (χ3v) is 5.02. The van der Waals surface area contributed by atoms with Gasteiger partial charge in [-0.3, -0.25) is 4.79 Å². The molecule has 2 rings (SSSR count). The van der Waals surface area contributed by atoms with Crippen molar-refractivity contribution in [2.45, 2.75) is 59.0 Å². The highest BCUT2D eigenvalue weighted by Gasteiger charge is 2.33. The summed E-state index contributed by atoms with van der Waals surface area (Å²) in [5, 5.41) is 2.90. The number of carbonyl (C=O) groups is 1. The van der Waals surface area contributed by atoms with Crippen LogP contribution in [0, 0.1) is 11.3 Å². The lowest BCUT2D eigenvalue weighted by atomic mass is 9.69. The Balaban J connectivity index is 1.60. The van der Waals surface area contributed by atoms with Crippen molar-refractivity contribution in [1.29, 1.82) is 0 Å². The van der Waals surface area contributed by atoms with Crippen molar-refractivity contribution in [2.24, 2.45) is 11.3 Å². The summed E-state index contributed by atoms with van der Waals surface area (Å²) in [6.07, 6.45) is 5.19. The van der Waals surface area contributed by atoms with E-state index in [2.05, 4.69) is 26.1 Å². The summed E-state index contributed by atoms with van der Waals surface area (Å²) >= 11 is 0. The number of hydrogen-bond acceptors (Lipinski definition) is 2. The molecule has 0 radical (unpaired) electrons. The normalized spacial score (nSPS) is 24.0. The van der Waals surface area contributed by atoms with Crippen molar-refractivity contribution in [3.63, 3.8) is 0 Å². The van der Waals surface area contributed by atoms with Crippen LogP contribution >= 0.6 is 0 Å². The number of anilines is 1. The summed E-state index contributed by atoms with van der Waals surface area (Å²) in [5.41, 5.74) is 1.30. The van der Waals surface area contributed by atoms with Crippen molar-refractivity contribution in [1.82, 2.24) is 0 Å². The highest BCUT2D eigenvalue weighted by molar-refractivity contribution is 5.90. The zero-order valence-electron chi connectivity index (χ0n) is 14.1. The summed E-state index contributed by atoms with van der Waals surface area (Å²) in [6.45, 7) is 7.70. The van der Waals surface area contributed by atoms with Crippen LogP contribution in [0.1, 0.15) is 52.9 Å². The van der Waals surface area contributed by atoms with Gasteiger partial charge in [0, 0.05) is 18.7 Å². The maximum atomic E-state index is 11.8. The Hall–Kier alpha value is -1.35. The number of carbonyl (C=O) groups excluding carboxylic acids is 1. The number of rotatable bonds is 6. The molecule has 0 saturated heterocycles. The van der Waals surface area contributed by atoms with Crippen molar-refractivity contribution in [2.75, 3.05) is 11.9 Å². The molecule has 0 bridgehead atoms. The topological polar surface area (TPSA) is 38.3 Å². The van der Waals surface area contributed by atoms with Crippen LogP contribution in [0.25, 0.3) is 0 Å². The molecule has 3 heteroatoms. The molecule has 1 saturated carbocycles. The van der Waals surface area contributed by atoms with Crippen LogP contribution in [-0.2, 0) is 9.53 Å². The molecule has 1 amide bonds.